The number of carbonyl (C=O) groups excluding carboxylic acids is 1. The lowest BCUT2D eigenvalue weighted by Gasteiger charge is -2.45. The molecule has 3 heterocycles. The highest BCUT2D eigenvalue weighted by atomic mass is 32.2. The number of hydrogen-bond acceptors (Lipinski definition) is 11. The van der Waals surface area contributed by atoms with Gasteiger partial charge in [0.25, 0.3) is 0 Å². The molecule has 0 aliphatic carbocycles. The van der Waals surface area contributed by atoms with E-state index in [0.717, 1.165) is 19.3 Å². The van der Waals surface area contributed by atoms with Gasteiger partial charge in [0.15, 0.2) is 6.29 Å². The van der Waals surface area contributed by atoms with E-state index in [4.69, 9.17) is 14.2 Å². The molecule has 218 valence electrons. The number of H-pyrrole nitrogens is 1. The van der Waals surface area contributed by atoms with Crippen LogP contribution in [0.15, 0.2) is 12.5 Å². The molecule has 2 aliphatic heterocycles. The maximum absolute atomic E-state index is 12.2. The second-order valence-electron chi connectivity index (χ2n) is 10.1. The highest BCUT2D eigenvalue weighted by molar-refractivity contribution is 8.00. The van der Waals surface area contributed by atoms with Crippen molar-refractivity contribution in [3.05, 3.63) is 18.2 Å². The summed E-state index contributed by atoms with van der Waals surface area (Å²) in [6.07, 6.45) is -1.75. The summed E-state index contributed by atoms with van der Waals surface area (Å²) < 4.78 is 17.4. The molecule has 9 unspecified atom stereocenters. The number of nitrogens with zero attached hydrogens (tertiary/aromatic N) is 1. The number of aromatic nitrogens is 2. The Labute approximate surface area is 227 Å². The van der Waals surface area contributed by atoms with E-state index < -0.39 is 55.6 Å². The predicted octanol–water partition coefficient (Wildman–Crippen LogP) is -0.524. The van der Waals surface area contributed by atoms with Crippen molar-refractivity contribution in [2.75, 3.05) is 25.5 Å². The molecule has 1 amide bonds. The third kappa shape index (κ3) is 8.35. The van der Waals surface area contributed by atoms with E-state index in [2.05, 4.69) is 29.1 Å². The first-order valence-electron chi connectivity index (χ1n) is 13.4. The van der Waals surface area contributed by atoms with Gasteiger partial charge >= 0.3 is 0 Å². The highest BCUT2D eigenvalue weighted by Gasteiger charge is 2.47. The zero-order chi connectivity index (χ0) is 27.7. The van der Waals surface area contributed by atoms with Gasteiger partial charge in [-0.15, -0.1) is 0 Å². The number of aliphatic hydroxyl groups is 5. The van der Waals surface area contributed by atoms with Crippen LogP contribution in [0.5, 0.6) is 0 Å². The van der Waals surface area contributed by atoms with Gasteiger partial charge in [0.05, 0.1) is 50.0 Å². The van der Waals surface area contributed by atoms with Crippen molar-refractivity contribution < 1.29 is 44.5 Å². The molecule has 0 radical (unpaired) electrons. The van der Waals surface area contributed by atoms with Gasteiger partial charge in [0, 0.05) is 29.7 Å². The van der Waals surface area contributed by atoms with Gasteiger partial charge in [-0.2, -0.15) is 11.8 Å². The Bertz CT molecular complexity index is 833. The average molecular weight is 562 g/mol. The molecule has 12 nitrogen and oxygen atoms in total. The van der Waals surface area contributed by atoms with Crippen LogP contribution >= 0.6 is 11.8 Å². The van der Waals surface area contributed by atoms with Gasteiger partial charge in [-0.25, -0.2) is 4.98 Å². The van der Waals surface area contributed by atoms with Gasteiger partial charge in [-0.05, 0) is 19.3 Å². The van der Waals surface area contributed by atoms with E-state index in [1.54, 1.807) is 24.3 Å². The topological polar surface area (TPSA) is 187 Å². The van der Waals surface area contributed by atoms with Crippen LogP contribution in [-0.2, 0) is 25.4 Å². The van der Waals surface area contributed by atoms with Gasteiger partial charge < -0.3 is 50.0 Å². The Morgan fingerprint density at radius 1 is 1.24 bits per heavy atom. The first-order chi connectivity index (χ1) is 18.2. The number of aliphatic hydroxyl groups excluding tert-OH is 5. The van der Waals surface area contributed by atoms with E-state index in [9.17, 15) is 30.3 Å². The van der Waals surface area contributed by atoms with Crippen molar-refractivity contribution >= 4 is 17.7 Å². The molecule has 1 aromatic heterocycles. The Hall–Kier alpha value is -1.29. The summed E-state index contributed by atoms with van der Waals surface area (Å²) in [4.78, 5) is 19.1. The lowest BCUT2D eigenvalue weighted by Crippen LogP contribution is -2.60. The number of aromatic amines is 1. The summed E-state index contributed by atoms with van der Waals surface area (Å²) in [5.74, 6) is 0.612. The Kier molecular flexibility index (Phi) is 12.3. The first kappa shape index (κ1) is 31.2. The molecule has 7 N–H and O–H groups in total. The van der Waals surface area contributed by atoms with E-state index in [1.807, 2.05) is 0 Å². The molecule has 3 rings (SSSR count). The Morgan fingerprint density at radius 3 is 2.68 bits per heavy atom. The lowest BCUT2D eigenvalue weighted by atomic mass is 9.88. The Morgan fingerprint density at radius 2 is 2.03 bits per heavy atom. The molecule has 0 saturated carbocycles. The number of ether oxygens (including phenoxy) is 3. The molecule has 0 spiro atoms. The summed E-state index contributed by atoms with van der Waals surface area (Å²) in [7, 11) is 0. The second-order valence-corrected chi connectivity index (χ2v) is 11.6. The Balaban J connectivity index is 1.61. The van der Waals surface area contributed by atoms with Crippen LogP contribution < -0.4 is 5.32 Å². The summed E-state index contributed by atoms with van der Waals surface area (Å²) in [5.41, 5.74) is 0.686. The highest BCUT2D eigenvalue weighted by Crippen LogP contribution is 2.41. The minimum absolute atomic E-state index is 0.0899. The predicted molar refractivity (Wildman–Crippen MR) is 139 cm³/mol. The van der Waals surface area contributed by atoms with Crippen LogP contribution in [0, 0.1) is 0 Å². The molecule has 2 saturated heterocycles. The molecule has 13 heteroatoms. The fourth-order valence-corrected chi connectivity index (χ4v) is 6.54. The SMILES string of the molecule is CCCC(CC)(CC1OCC(O)CC1OC1OC(CO)C(O)C(O)C1O)SCCNC(=O)Cc1c[nH]cn1. The average Bonchev–Trinajstić information content (AvgIpc) is 3.41. The van der Waals surface area contributed by atoms with Gasteiger partial charge in [-0.3, -0.25) is 4.79 Å². The van der Waals surface area contributed by atoms with E-state index in [0.29, 0.717) is 24.4 Å². The van der Waals surface area contributed by atoms with E-state index >= 15 is 0 Å². The molecular formula is C25H43N3O9S. The summed E-state index contributed by atoms with van der Waals surface area (Å²) in [6, 6.07) is 0. The third-order valence-corrected chi connectivity index (χ3v) is 8.91. The summed E-state index contributed by atoms with van der Waals surface area (Å²) in [5, 5.41) is 53.4. The van der Waals surface area contributed by atoms with Crippen molar-refractivity contribution in [3.63, 3.8) is 0 Å². The van der Waals surface area contributed by atoms with Crippen molar-refractivity contribution in [2.45, 2.75) is 106 Å². The van der Waals surface area contributed by atoms with Gasteiger partial charge in [-0.1, -0.05) is 20.3 Å². The normalized spacial score (nSPS) is 33.6. The zero-order valence-electron chi connectivity index (χ0n) is 22.1. The largest absolute Gasteiger partial charge is 0.394 e. The number of thioether (sulfide) groups is 1. The van der Waals surface area contributed by atoms with Crippen LogP contribution in [0.2, 0.25) is 0 Å². The first-order valence-corrected chi connectivity index (χ1v) is 14.3. The third-order valence-electron chi connectivity index (χ3n) is 7.23. The maximum atomic E-state index is 12.2. The molecule has 38 heavy (non-hydrogen) atoms. The van der Waals surface area contributed by atoms with Gasteiger partial charge in [0.2, 0.25) is 5.91 Å². The van der Waals surface area contributed by atoms with Crippen molar-refractivity contribution in [2.24, 2.45) is 0 Å². The minimum Gasteiger partial charge on any atom is -0.394 e. The maximum Gasteiger partial charge on any atom is 0.226 e. The number of nitrogens with one attached hydrogen (secondary N) is 2. The molecule has 1 aromatic rings. The fourth-order valence-electron chi connectivity index (χ4n) is 5.07. The molecule has 9 atom stereocenters. The standard InChI is InChI=1S/C25H43N3O9S/c1-3-5-25(4-2,38-7-6-27-20(31)8-15-11-26-14-28-15)10-18-17(9-16(30)13-35-18)36-24-23(34)22(33)21(32)19(12-29)37-24/h11,14,16-19,21-24,29-30,32-34H,3-10,12-13H2,1-2H3,(H,26,28)(H,27,31). The molecule has 0 aromatic carbocycles. The number of carbonyl (C=O) groups is 1. The monoisotopic (exact) mass is 561 g/mol. The van der Waals surface area contributed by atoms with Crippen LogP contribution in [0.4, 0.5) is 0 Å². The number of hydrogen-bond donors (Lipinski definition) is 7. The number of amides is 1. The van der Waals surface area contributed by atoms with Crippen LogP contribution in [-0.4, -0.2) is 121 Å². The van der Waals surface area contributed by atoms with E-state index in [1.165, 1.54) is 0 Å². The number of rotatable bonds is 14. The number of imidazole rings is 1. The molecular weight excluding hydrogens is 518 g/mol. The van der Waals surface area contributed by atoms with Gasteiger partial charge in [0.1, 0.15) is 24.4 Å². The van der Waals surface area contributed by atoms with Crippen LogP contribution in [0.1, 0.15) is 51.6 Å². The zero-order valence-corrected chi connectivity index (χ0v) is 22.9. The molecule has 0 bridgehead atoms. The van der Waals surface area contributed by atoms with Crippen molar-refractivity contribution in [3.8, 4) is 0 Å². The van der Waals surface area contributed by atoms with Crippen LogP contribution in [0.3, 0.4) is 0 Å². The molecule has 2 fully saturated rings. The summed E-state index contributed by atoms with van der Waals surface area (Å²) in [6.45, 7) is 4.34. The van der Waals surface area contributed by atoms with Crippen molar-refractivity contribution in [1.29, 1.82) is 0 Å². The smallest absolute Gasteiger partial charge is 0.226 e. The fraction of sp³-hybridized carbons (Fsp3) is 0.840. The lowest BCUT2D eigenvalue weighted by molar-refractivity contribution is -0.324. The second kappa shape index (κ2) is 14.9. The molecule has 2 aliphatic rings. The van der Waals surface area contributed by atoms with E-state index in [-0.39, 0.29) is 30.1 Å². The minimum atomic E-state index is -1.55. The van der Waals surface area contributed by atoms with Crippen LogP contribution in [0.25, 0.3) is 0 Å². The van der Waals surface area contributed by atoms with Crippen molar-refractivity contribution in [1.82, 2.24) is 15.3 Å². The summed E-state index contributed by atoms with van der Waals surface area (Å²) >= 11 is 1.77. The quantitative estimate of drug-likeness (QED) is 0.145.